The van der Waals surface area contributed by atoms with Gasteiger partial charge >= 0.3 is 6.09 Å². The van der Waals surface area contributed by atoms with Gasteiger partial charge in [0.15, 0.2) is 5.60 Å². The molecule has 9 nitrogen and oxygen atoms in total. The molecule has 1 aliphatic carbocycles. The Bertz CT molecular complexity index is 709. The van der Waals surface area contributed by atoms with Crippen molar-refractivity contribution in [2.75, 3.05) is 27.3 Å². The number of ether oxygens (including phenoxy) is 2. The van der Waals surface area contributed by atoms with Gasteiger partial charge < -0.3 is 30.1 Å². The molecule has 2 unspecified atom stereocenters. The summed E-state index contributed by atoms with van der Waals surface area (Å²) < 4.78 is 10.7. The molecule has 156 valence electrons. The smallest absolute Gasteiger partial charge is 0.406 e. The molecule has 0 radical (unpaired) electrons. The number of alkyl carbamates (subject to hydrolysis) is 1. The van der Waals surface area contributed by atoms with Crippen LogP contribution in [0.2, 0.25) is 0 Å². The molecule has 2 aliphatic rings. The molecule has 0 aromatic carbocycles. The van der Waals surface area contributed by atoms with Crippen LogP contribution in [0.3, 0.4) is 0 Å². The van der Waals surface area contributed by atoms with E-state index in [2.05, 4.69) is 52.4 Å². The van der Waals surface area contributed by atoms with Crippen LogP contribution in [0.15, 0.2) is 26.0 Å². The van der Waals surface area contributed by atoms with Crippen LogP contribution in [0.1, 0.15) is 25.7 Å². The van der Waals surface area contributed by atoms with Crippen molar-refractivity contribution < 1.29 is 29.0 Å². The van der Waals surface area contributed by atoms with E-state index in [0.29, 0.717) is 27.8 Å². The number of amides is 2. The van der Waals surface area contributed by atoms with E-state index in [-0.39, 0.29) is 18.0 Å². The summed E-state index contributed by atoms with van der Waals surface area (Å²) in [6, 6.07) is 0. The monoisotopic (exact) mass is 523 g/mol. The Hall–Kier alpha value is -1.59. The predicted molar refractivity (Wildman–Crippen MR) is 109 cm³/mol. The molecule has 2 rings (SSSR count). The van der Waals surface area contributed by atoms with Crippen molar-refractivity contribution in [2.45, 2.75) is 37.4 Å². The van der Waals surface area contributed by atoms with Gasteiger partial charge in [-0.05, 0) is 57.2 Å². The van der Waals surface area contributed by atoms with E-state index in [1.807, 2.05) is 0 Å². The molecule has 0 aromatic heterocycles. The zero-order chi connectivity index (χ0) is 20.7. The van der Waals surface area contributed by atoms with E-state index in [1.165, 1.54) is 14.2 Å². The number of hydrogen-bond acceptors (Lipinski definition) is 7. The number of carbonyl (C=O) groups excluding carboxylic acids is 2. The van der Waals surface area contributed by atoms with Crippen LogP contribution in [-0.4, -0.2) is 61.8 Å². The molecular formula is C17H23Br2N3O6. The Morgan fingerprint density at radius 2 is 1.96 bits per heavy atom. The van der Waals surface area contributed by atoms with Crippen LogP contribution in [0.5, 0.6) is 0 Å². The predicted octanol–water partition coefficient (Wildman–Crippen LogP) is 2.05. The van der Waals surface area contributed by atoms with Crippen LogP contribution < -0.4 is 10.6 Å². The maximum absolute atomic E-state index is 12.3. The van der Waals surface area contributed by atoms with Gasteiger partial charge in [0, 0.05) is 19.5 Å². The molecule has 0 saturated carbocycles. The number of oxime groups is 1. The highest BCUT2D eigenvalue weighted by molar-refractivity contribution is 9.12. The molecule has 11 heteroatoms. The SMILES string of the molecule is COC(=O)NCCCCCNC(=O)C1=NOC2(C=C(Br)C(OC)=C(Br)C2O)C1. The number of hydrogen-bond donors (Lipinski definition) is 3. The minimum Gasteiger partial charge on any atom is -0.495 e. The summed E-state index contributed by atoms with van der Waals surface area (Å²) >= 11 is 6.70. The molecule has 1 aliphatic heterocycles. The van der Waals surface area contributed by atoms with Gasteiger partial charge in [-0.3, -0.25) is 4.79 Å². The summed E-state index contributed by atoms with van der Waals surface area (Å²) in [5.41, 5.74) is -0.949. The zero-order valence-electron chi connectivity index (χ0n) is 15.6. The third-order valence-electron chi connectivity index (χ3n) is 4.34. The molecule has 1 spiro atoms. The molecular weight excluding hydrogens is 502 g/mol. The average molecular weight is 525 g/mol. The minimum absolute atomic E-state index is 0.129. The number of rotatable bonds is 8. The quantitative estimate of drug-likeness (QED) is 0.418. The van der Waals surface area contributed by atoms with E-state index in [4.69, 9.17) is 9.57 Å². The van der Waals surface area contributed by atoms with Crippen molar-refractivity contribution in [3.63, 3.8) is 0 Å². The maximum atomic E-state index is 12.3. The number of unbranched alkanes of at least 4 members (excludes halogenated alkanes) is 2. The van der Waals surface area contributed by atoms with Gasteiger partial charge in [0.05, 0.1) is 23.2 Å². The summed E-state index contributed by atoms with van der Waals surface area (Å²) in [5, 5.41) is 19.8. The van der Waals surface area contributed by atoms with Crippen LogP contribution in [0, 0.1) is 0 Å². The van der Waals surface area contributed by atoms with Gasteiger partial charge in [-0.25, -0.2) is 4.79 Å². The second kappa shape index (κ2) is 10.3. The van der Waals surface area contributed by atoms with Crippen molar-refractivity contribution in [1.82, 2.24) is 10.6 Å². The van der Waals surface area contributed by atoms with Crippen molar-refractivity contribution in [1.29, 1.82) is 0 Å². The van der Waals surface area contributed by atoms with Gasteiger partial charge in [0.25, 0.3) is 5.91 Å². The largest absolute Gasteiger partial charge is 0.495 e. The molecule has 0 bridgehead atoms. The first-order chi connectivity index (χ1) is 13.3. The number of aliphatic hydroxyl groups is 1. The third-order valence-corrected chi connectivity index (χ3v) is 5.72. The number of allylic oxidation sites excluding steroid dienone is 1. The van der Waals surface area contributed by atoms with Crippen molar-refractivity contribution in [3.8, 4) is 0 Å². The Morgan fingerprint density at radius 3 is 2.61 bits per heavy atom. The highest BCUT2D eigenvalue weighted by Crippen LogP contribution is 2.43. The first-order valence-electron chi connectivity index (χ1n) is 8.70. The van der Waals surface area contributed by atoms with Gasteiger partial charge in [-0.1, -0.05) is 5.16 Å². The van der Waals surface area contributed by atoms with Crippen LogP contribution >= 0.6 is 31.9 Å². The van der Waals surface area contributed by atoms with E-state index >= 15 is 0 Å². The summed E-state index contributed by atoms with van der Waals surface area (Å²) in [7, 11) is 2.81. The third kappa shape index (κ3) is 5.26. The number of nitrogens with zero attached hydrogens (tertiary/aromatic N) is 1. The summed E-state index contributed by atoms with van der Waals surface area (Å²) in [6.45, 7) is 0.997. The lowest BCUT2D eigenvalue weighted by atomic mass is 9.87. The zero-order valence-corrected chi connectivity index (χ0v) is 18.8. The van der Waals surface area contributed by atoms with Crippen molar-refractivity contribution in [3.05, 3.63) is 20.8 Å². The van der Waals surface area contributed by atoms with Crippen LogP contribution in [0.25, 0.3) is 0 Å². The number of aliphatic hydroxyl groups excluding tert-OH is 1. The number of halogens is 2. The Kier molecular flexibility index (Phi) is 8.32. The molecule has 2 amide bonds. The lowest BCUT2D eigenvalue weighted by molar-refractivity contribution is -0.114. The molecule has 0 aromatic rings. The van der Waals surface area contributed by atoms with Gasteiger partial charge in [-0.2, -0.15) is 0 Å². The fourth-order valence-corrected chi connectivity index (χ4v) is 4.60. The number of nitrogens with one attached hydrogen (secondary N) is 2. The number of methoxy groups -OCH3 is 2. The Balaban J connectivity index is 1.77. The van der Waals surface area contributed by atoms with Crippen molar-refractivity contribution in [2.24, 2.45) is 5.16 Å². The van der Waals surface area contributed by atoms with E-state index in [0.717, 1.165) is 19.3 Å². The lowest BCUT2D eigenvalue weighted by Crippen LogP contribution is -2.45. The second-order valence-electron chi connectivity index (χ2n) is 6.27. The second-order valence-corrected chi connectivity index (χ2v) is 7.98. The molecule has 2 atom stereocenters. The first kappa shape index (κ1) is 22.7. The fourth-order valence-electron chi connectivity index (χ4n) is 2.81. The van der Waals surface area contributed by atoms with Crippen LogP contribution in [0.4, 0.5) is 4.79 Å². The molecule has 3 N–H and O–H groups in total. The molecule has 0 saturated heterocycles. The summed E-state index contributed by atoms with van der Waals surface area (Å²) in [4.78, 5) is 28.7. The highest BCUT2D eigenvalue weighted by Gasteiger charge is 2.50. The topological polar surface area (TPSA) is 118 Å². The van der Waals surface area contributed by atoms with E-state index < -0.39 is 17.8 Å². The standard InChI is InChI=1S/C17H23Br2N3O6/c1-26-13-10(18)8-17(14(23)12(13)19)9-11(22-28-17)15(24)20-6-4-3-5-7-21-16(25)27-2/h8,14,23H,3-7,9H2,1-2H3,(H,20,24)(H,21,25). The first-order valence-corrected chi connectivity index (χ1v) is 10.3. The van der Waals surface area contributed by atoms with E-state index in [9.17, 15) is 14.7 Å². The maximum Gasteiger partial charge on any atom is 0.406 e. The van der Waals surface area contributed by atoms with Gasteiger partial charge in [-0.15, -0.1) is 0 Å². The van der Waals surface area contributed by atoms with Crippen LogP contribution in [-0.2, 0) is 19.1 Å². The Labute approximate surface area is 179 Å². The fraction of sp³-hybridized carbons (Fsp3) is 0.588. The molecule has 0 fully saturated rings. The average Bonchev–Trinajstić information content (AvgIpc) is 3.10. The minimum atomic E-state index is -1.16. The van der Waals surface area contributed by atoms with Crippen molar-refractivity contribution >= 4 is 49.6 Å². The summed E-state index contributed by atoms with van der Waals surface area (Å²) in [5.74, 6) is 0.125. The molecule has 28 heavy (non-hydrogen) atoms. The lowest BCUT2D eigenvalue weighted by Gasteiger charge is -2.33. The Morgan fingerprint density at radius 1 is 1.29 bits per heavy atom. The van der Waals surface area contributed by atoms with Gasteiger partial charge in [0.1, 0.15) is 17.6 Å². The normalized spacial score (nSPS) is 23.7. The molecule has 1 heterocycles. The van der Waals surface area contributed by atoms with E-state index in [1.54, 1.807) is 6.08 Å². The summed E-state index contributed by atoms with van der Waals surface area (Å²) in [6.07, 6.45) is 2.65. The van der Waals surface area contributed by atoms with Gasteiger partial charge in [0.2, 0.25) is 0 Å². The highest BCUT2D eigenvalue weighted by atomic mass is 79.9. The number of carbonyl (C=O) groups is 2.